The van der Waals surface area contributed by atoms with E-state index in [0.29, 0.717) is 36.0 Å². The Morgan fingerprint density at radius 2 is 0.636 bits per heavy atom. The van der Waals surface area contributed by atoms with Gasteiger partial charge in [0, 0.05) is 44.9 Å². The van der Waals surface area contributed by atoms with Crippen LogP contribution in [0.3, 0.4) is 0 Å². The Morgan fingerprint density at radius 1 is 0.409 bits per heavy atom. The number of unbranched alkanes of at least 4 members (excludes halogenated alkanes) is 12. The summed E-state index contributed by atoms with van der Waals surface area (Å²) in [7, 11) is -3.13. The summed E-state index contributed by atoms with van der Waals surface area (Å²) in [5.74, 6) is 1.61. The topological polar surface area (TPSA) is 126 Å². The largest absolute Gasteiger partial charge is 0.326 e. The summed E-state index contributed by atoms with van der Waals surface area (Å²) < 4.78 is 8.74. The van der Waals surface area contributed by atoms with Gasteiger partial charge in [0.15, 0.2) is 0 Å². The Labute approximate surface area is 274 Å². The first-order valence-corrected chi connectivity index (χ1v) is 19.2. The third-order valence-corrected chi connectivity index (χ3v) is 6.66. The molecule has 8 heteroatoms. The number of Topliss-reactive ketones (excluding diaryl/α,β-unsaturated/α-hetero) is 4. The average molecular weight is 651 g/mol. The molecule has 266 valence electrons. The predicted molar refractivity (Wildman–Crippen MR) is 190 cm³/mol. The second-order valence-corrected chi connectivity index (χ2v) is 11.9. The number of carbonyl (C=O) groups is 4. The molecule has 44 heavy (non-hydrogen) atoms. The van der Waals surface area contributed by atoms with E-state index in [4.69, 9.17) is 14.4 Å². The Balaban J connectivity index is -0.000000148. The minimum absolute atomic E-state index is 0.325. The van der Waals surface area contributed by atoms with Gasteiger partial charge < -0.3 is 14.6 Å². The number of rotatable bonds is 24. The summed E-state index contributed by atoms with van der Waals surface area (Å²) in [6.45, 7) is 16.4. The van der Waals surface area contributed by atoms with Crippen molar-refractivity contribution >= 4 is 31.4 Å². The van der Waals surface area contributed by atoms with Crippen molar-refractivity contribution in [1.82, 2.24) is 0 Å². The molecule has 0 atom stereocenters. The molecule has 0 aromatic carbocycles. The summed E-state index contributed by atoms with van der Waals surface area (Å²) >= 11 is 0. The van der Waals surface area contributed by atoms with Crippen LogP contribution in [0.2, 0.25) is 0 Å². The van der Waals surface area contributed by atoms with Crippen LogP contribution in [0.1, 0.15) is 209 Å². The second-order valence-electron chi connectivity index (χ2n) is 11.3. The summed E-state index contributed by atoms with van der Waals surface area (Å²) in [5, 5.41) is 0. The van der Waals surface area contributed by atoms with Crippen LogP contribution in [0.15, 0.2) is 0 Å². The third-order valence-electron chi connectivity index (χ3n) is 6.66. The zero-order chi connectivity index (χ0) is 34.9. The molecule has 2 N–H and O–H groups in total. The minimum atomic E-state index is -3.13. The molecule has 0 aliphatic rings. The Kier molecular flexibility index (Phi) is 58.0. The van der Waals surface area contributed by atoms with Crippen molar-refractivity contribution in [1.29, 1.82) is 0 Å². The Bertz CT molecular complexity index is 620. The van der Waals surface area contributed by atoms with Crippen molar-refractivity contribution in [2.45, 2.75) is 209 Å². The number of hydrogen-bond acceptors (Lipinski definition) is 5. The molecule has 0 aromatic rings. The average Bonchev–Trinajstić information content (AvgIpc) is 2.98. The maximum atomic E-state index is 11.2. The first kappa shape index (κ1) is 52.4. The molecule has 0 unspecified atom stereocenters. The molecule has 0 radical (unpaired) electrons. The van der Waals surface area contributed by atoms with Crippen molar-refractivity contribution in [3.63, 3.8) is 0 Å². The van der Waals surface area contributed by atoms with Crippen LogP contribution < -0.4 is 0 Å². The van der Waals surface area contributed by atoms with Gasteiger partial charge >= 0.3 is 8.25 Å². The Morgan fingerprint density at radius 3 is 0.886 bits per heavy atom. The van der Waals surface area contributed by atoms with E-state index in [-0.39, 0.29) is 0 Å². The number of carbonyl (C=O) groups excluding carboxylic acids is 4. The highest BCUT2D eigenvalue weighted by Crippen LogP contribution is 2.06. The molecule has 0 heterocycles. The highest BCUT2D eigenvalue weighted by molar-refractivity contribution is 7.30. The van der Waals surface area contributed by atoms with E-state index in [1.165, 1.54) is 77.0 Å². The normalized spacial score (nSPS) is 9.70. The molecular formula is C36H75O7P. The van der Waals surface area contributed by atoms with Crippen LogP contribution in [0.4, 0.5) is 0 Å². The van der Waals surface area contributed by atoms with Crippen molar-refractivity contribution in [2.24, 2.45) is 0 Å². The van der Waals surface area contributed by atoms with Crippen LogP contribution in [0, 0.1) is 0 Å². The van der Waals surface area contributed by atoms with E-state index in [1.807, 2.05) is 13.8 Å². The van der Waals surface area contributed by atoms with Crippen molar-refractivity contribution in [2.75, 3.05) is 0 Å². The summed E-state index contributed by atoms with van der Waals surface area (Å²) in [6, 6.07) is 0. The fraction of sp³-hybridized carbons (Fsp3) is 0.889. The molecule has 0 aliphatic carbocycles. The number of hydrogen-bond donors (Lipinski definition) is 2. The summed E-state index contributed by atoms with van der Waals surface area (Å²) in [4.78, 5) is 57.4. The lowest BCUT2D eigenvalue weighted by atomic mass is 10.1. The first-order chi connectivity index (χ1) is 20.9. The van der Waals surface area contributed by atoms with Crippen molar-refractivity contribution in [3.8, 4) is 0 Å². The van der Waals surface area contributed by atoms with Gasteiger partial charge in [0.25, 0.3) is 0 Å². The minimum Gasteiger partial charge on any atom is -0.326 e. The van der Waals surface area contributed by atoms with Gasteiger partial charge in [-0.3, -0.25) is 18.9 Å². The zero-order valence-corrected chi connectivity index (χ0v) is 31.4. The molecule has 0 saturated heterocycles. The smallest absolute Gasteiger partial charge is 0.314 e. The van der Waals surface area contributed by atoms with E-state index in [9.17, 15) is 19.2 Å². The summed E-state index contributed by atoms with van der Waals surface area (Å²) in [5.41, 5.74) is 0. The lowest BCUT2D eigenvalue weighted by Crippen LogP contribution is -1.96. The van der Waals surface area contributed by atoms with Gasteiger partial charge in [-0.1, -0.05) is 126 Å². The van der Waals surface area contributed by atoms with Gasteiger partial charge in [0.1, 0.15) is 23.1 Å². The van der Waals surface area contributed by atoms with E-state index in [2.05, 4.69) is 34.6 Å². The van der Waals surface area contributed by atoms with E-state index in [0.717, 1.165) is 64.2 Å². The third kappa shape index (κ3) is 72.8. The van der Waals surface area contributed by atoms with Gasteiger partial charge in [-0.15, -0.1) is 0 Å². The van der Waals surface area contributed by atoms with E-state index in [1.54, 1.807) is 6.92 Å². The predicted octanol–water partition coefficient (Wildman–Crippen LogP) is 11.1. The molecular weight excluding hydrogens is 575 g/mol. The van der Waals surface area contributed by atoms with Gasteiger partial charge in [0.2, 0.25) is 0 Å². The highest BCUT2D eigenvalue weighted by atomic mass is 31.1. The van der Waals surface area contributed by atoms with Crippen LogP contribution in [0.5, 0.6) is 0 Å². The van der Waals surface area contributed by atoms with Crippen LogP contribution in [0.25, 0.3) is 0 Å². The summed E-state index contributed by atoms with van der Waals surface area (Å²) in [6.07, 6.45) is 25.6. The lowest BCUT2D eigenvalue weighted by molar-refractivity contribution is -0.120. The molecule has 0 aromatic heterocycles. The monoisotopic (exact) mass is 651 g/mol. The second kappa shape index (κ2) is 48.7. The molecule has 0 bridgehead atoms. The first-order valence-electron chi connectivity index (χ1n) is 17.9. The quantitative estimate of drug-likeness (QED) is 0.0786. The van der Waals surface area contributed by atoms with Crippen molar-refractivity contribution in [3.05, 3.63) is 0 Å². The van der Waals surface area contributed by atoms with Gasteiger partial charge in [-0.05, 0) is 39.0 Å². The molecule has 0 spiro atoms. The molecule has 0 aliphatic heterocycles. The molecule has 7 nitrogen and oxygen atoms in total. The molecule has 0 rings (SSSR count). The standard InChI is InChI=1S/C11H22O.C9H18O.2C8H16O.H3O3P/c1-3-5-7-9-11(12)10-8-6-4-2;1-3-5-6-7-8-9(10)4-2;1-3-4-5-6-7-8(2)9;1-3-5-6-7-8(9)4-2;1-4(2)3/h3-10H2,1-2H3;3-8H2,1-2H3;2*3-7H2,1-2H3;4H,(H2,1,2,3). The van der Waals surface area contributed by atoms with Gasteiger partial charge in [-0.2, -0.15) is 0 Å². The fourth-order valence-corrected chi connectivity index (χ4v) is 3.74. The van der Waals surface area contributed by atoms with E-state index < -0.39 is 8.25 Å². The maximum Gasteiger partial charge on any atom is 0.314 e. The molecule has 0 amide bonds. The number of ketones is 4. The van der Waals surface area contributed by atoms with Crippen molar-refractivity contribution < 1.29 is 33.5 Å². The SMILES string of the molecule is CCCCCC(=O)CC.CCCCCC(=O)CCCCC.CCCCCCC(=O)CC.CCCCCCC(C)=O.O=[PH](O)O. The zero-order valence-electron chi connectivity index (χ0n) is 30.4. The maximum absolute atomic E-state index is 11.2. The Hall–Kier alpha value is -1.17. The van der Waals surface area contributed by atoms with Gasteiger partial charge in [-0.25, -0.2) is 0 Å². The molecule has 0 fully saturated rings. The molecule has 0 saturated carbocycles. The highest BCUT2D eigenvalue weighted by Gasteiger charge is 2.00. The van der Waals surface area contributed by atoms with Crippen LogP contribution in [-0.2, 0) is 23.7 Å². The van der Waals surface area contributed by atoms with E-state index >= 15 is 0 Å². The van der Waals surface area contributed by atoms with Crippen LogP contribution in [-0.4, -0.2) is 32.9 Å². The lowest BCUT2D eigenvalue weighted by Gasteiger charge is -1.98. The fourth-order valence-electron chi connectivity index (χ4n) is 3.74. The van der Waals surface area contributed by atoms with Gasteiger partial charge in [0.05, 0.1) is 0 Å². The van der Waals surface area contributed by atoms with Crippen LogP contribution >= 0.6 is 8.25 Å².